The fourth-order valence-corrected chi connectivity index (χ4v) is 3.58. The van der Waals surface area contributed by atoms with E-state index in [9.17, 15) is 4.79 Å². The molecule has 0 spiro atoms. The van der Waals surface area contributed by atoms with Crippen molar-refractivity contribution in [3.05, 3.63) is 35.9 Å². The number of likely N-dealkylation sites (tertiary alicyclic amines) is 1. The van der Waals surface area contributed by atoms with Crippen LogP contribution in [0.3, 0.4) is 0 Å². The molecule has 0 saturated carbocycles. The largest absolute Gasteiger partial charge is 0.351 e. The van der Waals surface area contributed by atoms with Gasteiger partial charge < -0.3 is 10.6 Å². The Kier molecular flexibility index (Phi) is 4.88. The summed E-state index contributed by atoms with van der Waals surface area (Å²) < 4.78 is 0. The summed E-state index contributed by atoms with van der Waals surface area (Å²) in [6.45, 7) is 3.35. The van der Waals surface area contributed by atoms with Gasteiger partial charge in [0.15, 0.2) is 0 Å². The lowest BCUT2D eigenvalue weighted by atomic mass is 10.0. The summed E-state index contributed by atoms with van der Waals surface area (Å²) in [5, 5.41) is 6.62. The lowest BCUT2D eigenvalue weighted by molar-refractivity contribution is -0.122. The molecule has 1 aromatic carbocycles. The number of amides is 1. The van der Waals surface area contributed by atoms with Crippen molar-refractivity contribution in [2.45, 2.75) is 44.3 Å². The molecule has 0 bridgehead atoms. The molecule has 2 fully saturated rings. The van der Waals surface area contributed by atoms with E-state index in [1.807, 2.05) is 30.3 Å². The van der Waals surface area contributed by atoms with E-state index < -0.39 is 0 Å². The highest BCUT2D eigenvalue weighted by molar-refractivity contribution is 5.78. The molecule has 1 amide bonds. The lowest BCUT2D eigenvalue weighted by Crippen LogP contribution is -2.47. The second-order valence-corrected chi connectivity index (χ2v) is 6.15. The van der Waals surface area contributed by atoms with Gasteiger partial charge in [0.2, 0.25) is 5.91 Å². The van der Waals surface area contributed by atoms with Gasteiger partial charge in [-0.05, 0) is 44.3 Å². The van der Waals surface area contributed by atoms with Crippen LogP contribution in [0.25, 0.3) is 0 Å². The third-order valence-corrected chi connectivity index (χ3v) is 4.66. The third kappa shape index (κ3) is 3.83. The van der Waals surface area contributed by atoms with Crippen molar-refractivity contribution in [2.75, 3.05) is 19.6 Å². The summed E-state index contributed by atoms with van der Waals surface area (Å²) in [7, 11) is 0. The highest BCUT2D eigenvalue weighted by Crippen LogP contribution is 2.24. The van der Waals surface area contributed by atoms with Crippen LogP contribution in [0.2, 0.25) is 0 Å². The molecular formula is C17H25N3O. The summed E-state index contributed by atoms with van der Waals surface area (Å²) in [4.78, 5) is 14.5. The van der Waals surface area contributed by atoms with Crippen molar-refractivity contribution >= 4 is 5.91 Å². The highest BCUT2D eigenvalue weighted by atomic mass is 16.2. The van der Waals surface area contributed by atoms with Crippen LogP contribution in [-0.4, -0.2) is 42.5 Å². The monoisotopic (exact) mass is 287 g/mol. The summed E-state index contributed by atoms with van der Waals surface area (Å²) in [6.07, 6.45) is 4.97. The fraction of sp³-hybridized carbons (Fsp3) is 0.588. The zero-order valence-electron chi connectivity index (χ0n) is 12.6. The van der Waals surface area contributed by atoms with Crippen LogP contribution in [0.4, 0.5) is 0 Å². The van der Waals surface area contributed by atoms with Crippen LogP contribution >= 0.6 is 0 Å². The number of carbonyl (C=O) groups excluding carboxylic acids is 1. The number of hydrogen-bond acceptors (Lipinski definition) is 3. The van der Waals surface area contributed by atoms with E-state index in [-0.39, 0.29) is 5.91 Å². The summed E-state index contributed by atoms with van der Waals surface area (Å²) in [5.41, 5.74) is 1.15. The van der Waals surface area contributed by atoms with Gasteiger partial charge in [0.05, 0.1) is 6.54 Å². The predicted molar refractivity (Wildman–Crippen MR) is 83.9 cm³/mol. The number of carbonyl (C=O) groups is 1. The second-order valence-electron chi connectivity index (χ2n) is 6.15. The lowest BCUT2D eigenvalue weighted by Gasteiger charge is -2.28. The van der Waals surface area contributed by atoms with E-state index in [0.29, 0.717) is 25.2 Å². The van der Waals surface area contributed by atoms with Crippen LogP contribution in [0.15, 0.2) is 30.3 Å². The topological polar surface area (TPSA) is 44.4 Å². The Labute approximate surface area is 126 Å². The Morgan fingerprint density at radius 3 is 2.86 bits per heavy atom. The van der Waals surface area contributed by atoms with Gasteiger partial charge in [-0.1, -0.05) is 30.3 Å². The number of nitrogens with one attached hydrogen (secondary N) is 2. The molecule has 4 nitrogen and oxygen atoms in total. The van der Waals surface area contributed by atoms with Gasteiger partial charge in [-0.15, -0.1) is 0 Å². The summed E-state index contributed by atoms with van der Waals surface area (Å²) >= 11 is 0. The molecular weight excluding hydrogens is 262 g/mol. The van der Waals surface area contributed by atoms with Gasteiger partial charge in [0, 0.05) is 18.6 Å². The first-order valence-electron chi connectivity index (χ1n) is 8.11. The molecule has 3 rings (SSSR count). The van der Waals surface area contributed by atoms with Gasteiger partial charge >= 0.3 is 0 Å². The molecule has 1 aromatic rings. The molecule has 0 radical (unpaired) electrons. The first kappa shape index (κ1) is 14.5. The Balaban J connectivity index is 1.47. The normalized spacial score (nSPS) is 26.1. The van der Waals surface area contributed by atoms with Crippen LogP contribution in [0.1, 0.15) is 31.2 Å². The van der Waals surface area contributed by atoms with Crippen LogP contribution in [-0.2, 0) is 11.3 Å². The summed E-state index contributed by atoms with van der Waals surface area (Å²) in [6, 6.07) is 11.2. The van der Waals surface area contributed by atoms with Crippen LogP contribution < -0.4 is 10.6 Å². The minimum absolute atomic E-state index is 0.142. The predicted octanol–water partition coefficient (Wildman–Crippen LogP) is 1.52. The van der Waals surface area contributed by atoms with E-state index >= 15 is 0 Å². The van der Waals surface area contributed by atoms with Crippen LogP contribution in [0.5, 0.6) is 0 Å². The minimum atomic E-state index is 0.142. The van der Waals surface area contributed by atoms with Crippen molar-refractivity contribution < 1.29 is 4.79 Å². The van der Waals surface area contributed by atoms with Crippen molar-refractivity contribution in [1.29, 1.82) is 0 Å². The van der Waals surface area contributed by atoms with Crippen molar-refractivity contribution in [1.82, 2.24) is 15.5 Å². The molecule has 114 valence electrons. The molecule has 2 atom stereocenters. The number of rotatable bonds is 5. The number of benzene rings is 1. The average molecular weight is 287 g/mol. The average Bonchev–Trinajstić information content (AvgIpc) is 3.17. The maximum absolute atomic E-state index is 12.2. The molecule has 4 heteroatoms. The molecule has 2 aliphatic heterocycles. The zero-order chi connectivity index (χ0) is 14.5. The quantitative estimate of drug-likeness (QED) is 0.863. The van der Waals surface area contributed by atoms with Crippen molar-refractivity contribution in [3.63, 3.8) is 0 Å². The molecule has 0 aliphatic carbocycles. The van der Waals surface area contributed by atoms with Gasteiger partial charge in [0.25, 0.3) is 0 Å². The summed E-state index contributed by atoms with van der Waals surface area (Å²) in [5.74, 6) is 0.142. The Morgan fingerprint density at radius 2 is 2.10 bits per heavy atom. The molecule has 2 aliphatic rings. The van der Waals surface area contributed by atoms with E-state index in [0.717, 1.165) is 18.7 Å². The van der Waals surface area contributed by atoms with Gasteiger partial charge in [-0.2, -0.15) is 0 Å². The van der Waals surface area contributed by atoms with E-state index in [1.165, 1.54) is 25.7 Å². The maximum atomic E-state index is 12.2. The standard InChI is InChI=1S/C17H25N3O/c21-17(19-12-14-6-2-1-3-7-14)13-20-11-5-9-16(20)15-8-4-10-18-15/h1-3,6-7,15-16,18H,4-5,8-13H2,(H,19,21). The smallest absolute Gasteiger partial charge is 0.234 e. The molecule has 21 heavy (non-hydrogen) atoms. The SMILES string of the molecule is O=C(CN1CCCC1C1CCCN1)NCc1ccccc1. The first-order valence-corrected chi connectivity index (χ1v) is 8.11. The molecule has 2 heterocycles. The molecule has 0 aromatic heterocycles. The van der Waals surface area contributed by atoms with Crippen molar-refractivity contribution in [2.24, 2.45) is 0 Å². The number of hydrogen-bond donors (Lipinski definition) is 2. The highest BCUT2D eigenvalue weighted by Gasteiger charge is 2.33. The minimum Gasteiger partial charge on any atom is -0.351 e. The Morgan fingerprint density at radius 1 is 1.24 bits per heavy atom. The molecule has 2 N–H and O–H groups in total. The van der Waals surface area contributed by atoms with E-state index in [4.69, 9.17) is 0 Å². The van der Waals surface area contributed by atoms with Crippen molar-refractivity contribution in [3.8, 4) is 0 Å². The molecule has 2 saturated heterocycles. The maximum Gasteiger partial charge on any atom is 0.234 e. The van der Waals surface area contributed by atoms with E-state index in [2.05, 4.69) is 15.5 Å². The van der Waals surface area contributed by atoms with Gasteiger partial charge in [-0.3, -0.25) is 9.69 Å². The zero-order valence-corrected chi connectivity index (χ0v) is 12.6. The van der Waals surface area contributed by atoms with Gasteiger partial charge in [-0.25, -0.2) is 0 Å². The first-order chi connectivity index (χ1) is 10.3. The Hall–Kier alpha value is -1.39. The fourth-order valence-electron chi connectivity index (χ4n) is 3.58. The van der Waals surface area contributed by atoms with Crippen LogP contribution in [0, 0.1) is 0 Å². The molecule has 2 unspecified atom stereocenters. The van der Waals surface area contributed by atoms with Gasteiger partial charge in [0.1, 0.15) is 0 Å². The second kappa shape index (κ2) is 7.05. The Bertz CT molecular complexity index is 456. The third-order valence-electron chi connectivity index (χ3n) is 4.66. The number of nitrogens with zero attached hydrogens (tertiary/aromatic N) is 1. The van der Waals surface area contributed by atoms with E-state index in [1.54, 1.807) is 0 Å².